The van der Waals surface area contributed by atoms with Crippen molar-refractivity contribution in [2.45, 2.75) is 31.6 Å². The van der Waals surface area contributed by atoms with Gasteiger partial charge in [0, 0.05) is 35.0 Å². The van der Waals surface area contributed by atoms with Crippen LogP contribution in [0.5, 0.6) is 5.75 Å². The molecule has 0 spiro atoms. The van der Waals surface area contributed by atoms with Crippen LogP contribution in [-0.2, 0) is 19.3 Å². The van der Waals surface area contributed by atoms with Gasteiger partial charge in [0.25, 0.3) is 0 Å². The lowest BCUT2D eigenvalue weighted by atomic mass is 10.0. The van der Waals surface area contributed by atoms with Gasteiger partial charge < -0.3 is 19.4 Å². The van der Waals surface area contributed by atoms with Crippen LogP contribution >= 0.6 is 0 Å². The molecule has 2 aliphatic rings. The number of nitrogens with one attached hydrogen (secondary N) is 1. The first-order valence-corrected chi connectivity index (χ1v) is 12.2. The van der Waals surface area contributed by atoms with Crippen LogP contribution in [0.15, 0.2) is 24.3 Å². The highest BCUT2D eigenvalue weighted by Gasteiger charge is 2.42. The average Bonchev–Trinajstić information content (AvgIpc) is 3.12. The molecule has 0 saturated carbocycles. The Labute approximate surface area is 181 Å². The van der Waals surface area contributed by atoms with Crippen molar-refractivity contribution in [3.05, 3.63) is 35.7 Å². The molecule has 1 saturated heterocycles. The normalized spacial score (nSPS) is 19.1. The van der Waals surface area contributed by atoms with Gasteiger partial charge in [0.1, 0.15) is 17.0 Å². The zero-order valence-corrected chi connectivity index (χ0v) is 18.9. The molecule has 0 amide bonds. The Balaban J connectivity index is 1.80. The van der Waals surface area contributed by atoms with Crippen LogP contribution in [0.25, 0.3) is 22.3 Å². The van der Waals surface area contributed by atoms with Crippen molar-refractivity contribution < 1.29 is 17.9 Å². The van der Waals surface area contributed by atoms with Crippen molar-refractivity contribution >= 4 is 26.6 Å². The summed E-state index contributed by atoms with van der Waals surface area (Å²) in [6, 6.07) is 8.03. The minimum Gasteiger partial charge on any atom is -0.486 e. The molecule has 0 aliphatic carbocycles. The number of anilines is 1. The van der Waals surface area contributed by atoms with Crippen molar-refractivity contribution in [2.75, 3.05) is 37.5 Å². The van der Waals surface area contributed by atoms with Crippen LogP contribution in [0, 0.1) is 6.92 Å². The van der Waals surface area contributed by atoms with E-state index in [-0.39, 0.29) is 6.04 Å². The molecule has 1 fully saturated rings. The lowest BCUT2D eigenvalue weighted by Gasteiger charge is -2.41. The van der Waals surface area contributed by atoms with E-state index in [2.05, 4.69) is 16.0 Å². The molecule has 3 aromatic rings. The van der Waals surface area contributed by atoms with Gasteiger partial charge in [-0.05, 0) is 32.9 Å². The summed E-state index contributed by atoms with van der Waals surface area (Å²) in [5.41, 5.74) is 3.27. The number of benzene rings is 1. The van der Waals surface area contributed by atoms with E-state index in [4.69, 9.17) is 19.4 Å². The van der Waals surface area contributed by atoms with Gasteiger partial charge in [-0.3, -0.25) is 0 Å². The molecule has 31 heavy (non-hydrogen) atoms. The van der Waals surface area contributed by atoms with Gasteiger partial charge >= 0.3 is 0 Å². The van der Waals surface area contributed by atoms with Gasteiger partial charge in [0.05, 0.1) is 19.3 Å². The zero-order valence-electron chi connectivity index (χ0n) is 18.1. The standard InChI is InChI=1S/C22H26N4O4S/c1-13-10-16-15(6-5-7-17(16)23-13)20-24-19(22(2,3)31(4,27)28)18-21(25-20)26-8-9-29-11-14(26)12-30-18/h5-7,10,14,23H,8-9,11-12H2,1-4H3/t14-/m0/s1. The Morgan fingerprint density at radius 1 is 1.23 bits per heavy atom. The summed E-state index contributed by atoms with van der Waals surface area (Å²) in [6.45, 7) is 7.57. The second-order valence-electron chi connectivity index (χ2n) is 8.78. The topological polar surface area (TPSA) is 97.4 Å². The molecule has 2 aliphatic heterocycles. The molecule has 5 rings (SSSR count). The number of sulfone groups is 1. The number of hydrogen-bond acceptors (Lipinski definition) is 7. The molecule has 164 valence electrons. The second-order valence-corrected chi connectivity index (χ2v) is 11.3. The van der Waals surface area contributed by atoms with Gasteiger partial charge in [0.15, 0.2) is 27.2 Å². The Kier molecular flexibility index (Phi) is 4.53. The minimum absolute atomic E-state index is 0.0449. The Bertz CT molecular complexity index is 1280. The highest BCUT2D eigenvalue weighted by molar-refractivity contribution is 7.91. The van der Waals surface area contributed by atoms with Gasteiger partial charge in [-0.1, -0.05) is 12.1 Å². The summed E-state index contributed by atoms with van der Waals surface area (Å²) < 4.78 is 35.9. The Morgan fingerprint density at radius 3 is 2.81 bits per heavy atom. The number of aryl methyl sites for hydroxylation is 1. The lowest BCUT2D eigenvalue weighted by Crippen LogP contribution is -2.52. The number of rotatable bonds is 3. The fourth-order valence-electron chi connectivity index (χ4n) is 4.21. The highest BCUT2D eigenvalue weighted by Crippen LogP contribution is 2.44. The molecule has 4 heterocycles. The smallest absolute Gasteiger partial charge is 0.185 e. The molecular formula is C22H26N4O4S. The van der Waals surface area contributed by atoms with E-state index in [0.717, 1.165) is 22.2 Å². The van der Waals surface area contributed by atoms with E-state index in [9.17, 15) is 8.42 Å². The molecule has 2 aromatic heterocycles. The second kappa shape index (κ2) is 6.93. The number of fused-ring (bicyclic) bond motifs is 4. The predicted octanol–water partition coefficient (Wildman–Crippen LogP) is 2.81. The van der Waals surface area contributed by atoms with E-state index in [1.807, 2.05) is 25.1 Å². The summed E-state index contributed by atoms with van der Waals surface area (Å²) in [4.78, 5) is 15.2. The van der Waals surface area contributed by atoms with Crippen molar-refractivity contribution in [3.8, 4) is 17.1 Å². The van der Waals surface area contributed by atoms with Crippen molar-refractivity contribution in [3.63, 3.8) is 0 Å². The molecule has 0 radical (unpaired) electrons. The first-order valence-electron chi connectivity index (χ1n) is 10.3. The third-order valence-electron chi connectivity index (χ3n) is 6.30. The monoisotopic (exact) mass is 442 g/mol. The van der Waals surface area contributed by atoms with E-state index in [0.29, 0.717) is 49.5 Å². The number of aromatic amines is 1. The molecule has 0 unspecified atom stereocenters. The van der Waals surface area contributed by atoms with Crippen LogP contribution in [0.1, 0.15) is 25.2 Å². The van der Waals surface area contributed by atoms with E-state index in [1.165, 1.54) is 6.26 Å². The van der Waals surface area contributed by atoms with Gasteiger partial charge in [-0.2, -0.15) is 0 Å². The number of nitrogens with zero attached hydrogens (tertiary/aromatic N) is 3. The van der Waals surface area contributed by atoms with Gasteiger partial charge in [-0.15, -0.1) is 0 Å². The first kappa shape index (κ1) is 20.3. The molecule has 1 N–H and O–H groups in total. The number of morpholine rings is 1. The Morgan fingerprint density at radius 2 is 2.03 bits per heavy atom. The Hall–Kier alpha value is -2.65. The summed E-state index contributed by atoms with van der Waals surface area (Å²) in [7, 11) is -3.48. The average molecular weight is 443 g/mol. The maximum absolute atomic E-state index is 12.7. The maximum atomic E-state index is 12.7. The molecule has 9 heteroatoms. The number of H-pyrrole nitrogens is 1. The van der Waals surface area contributed by atoms with Gasteiger partial charge in [0.2, 0.25) is 0 Å². The summed E-state index contributed by atoms with van der Waals surface area (Å²) >= 11 is 0. The fourth-order valence-corrected chi connectivity index (χ4v) is 4.70. The molecule has 1 aromatic carbocycles. The lowest BCUT2D eigenvalue weighted by molar-refractivity contribution is 0.0691. The van der Waals surface area contributed by atoms with E-state index in [1.54, 1.807) is 13.8 Å². The third kappa shape index (κ3) is 3.18. The summed E-state index contributed by atoms with van der Waals surface area (Å²) in [6.07, 6.45) is 1.23. The number of ether oxygens (including phenoxy) is 2. The van der Waals surface area contributed by atoms with Crippen LogP contribution in [0.4, 0.5) is 5.82 Å². The highest BCUT2D eigenvalue weighted by atomic mass is 32.2. The third-order valence-corrected chi connectivity index (χ3v) is 8.35. The van der Waals surface area contributed by atoms with E-state index >= 15 is 0 Å². The fraction of sp³-hybridized carbons (Fsp3) is 0.455. The molecule has 0 bridgehead atoms. The SMILES string of the molecule is Cc1cc2c(-c3nc4c(c(C(C)(C)S(C)(=O)=O)n3)OC[C@@H]3COCCN43)cccc2[nH]1. The number of hydrogen-bond donors (Lipinski definition) is 1. The van der Waals surface area contributed by atoms with Crippen molar-refractivity contribution in [1.29, 1.82) is 0 Å². The minimum atomic E-state index is -3.48. The molecule has 8 nitrogen and oxygen atoms in total. The summed E-state index contributed by atoms with van der Waals surface area (Å²) in [5, 5.41) is 0.998. The zero-order chi connectivity index (χ0) is 22.0. The quantitative estimate of drug-likeness (QED) is 0.666. The van der Waals surface area contributed by atoms with E-state index < -0.39 is 14.6 Å². The van der Waals surface area contributed by atoms with Crippen LogP contribution in [0.3, 0.4) is 0 Å². The first-order chi connectivity index (χ1) is 14.7. The van der Waals surface area contributed by atoms with Crippen LogP contribution in [0.2, 0.25) is 0 Å². The molecule has 1 atom stereocenters. The van der Waals surface area contributed by atoms with Crippen molar-refractivity contribution in [2.24, 2.45) is 0 Å². The van der Waals surface area contributed by atoms with Crippen LogP contribution in [-0.4, -0.2) is 62.0 Å². The van der Waals surface area contributed by atoms with Gasteiger partial charge in [-0.25, -0.2) is 18.4 Å². The van der Waals surface area contributed by atoms with Crippen LogP contribution < -0.4 is 9.64 Å². The maximum Gasteiger partial charge on any atom is 0.185 e. The molecular weight excluding hydrogens is 416 g/mol. The largest absolute Gasteiger partial charge is 0.486 e. The number of aromatic nitrogens is 3. The predicted molar refractivity (Wildman–Crippen MR) is 119 cm³/mol. The summed E-state index contributed by atoms with van der Waals surface area (Å²) in [5.74, 6) is 1.58. The van der Waals surface area contributed by atoms with Crippen molar-refractivity contribution in [1.82, 2.24) is 15.0 Å².